The largest absolute Gasteiger partial charge is 0.298 e. The van der Waals surface area contributed by atoms with Crippen LogP contribution in [0.15, 0.2) is 12.1 Å². The molecule has 0 aromatic heterocycles. The maximum Gasteiger partial charge on any atom is 0.287 e. The lowest BCUT2D eigenvalue weighted by atomic mass is 10.0. The second-order valence-corrected chi connectivity index (χ2v) is 3.06. The van der Waals surface area contributed by atoms with Crippen molar-refractivity contribution in [1.29, 1.82) is 5.26 Å². The predicted octanol–water partition coefficient (Wildman–Crippen LogP) is 1.66. The van der Waals surface area contributed by atoms with E-state index in [-0.39, 0.29) is 23.0 Å². The van der Waals surface area contributed by atoms with Gasteiger partial charge in [0.25, 0.3) is 10.9 Å². The third-order valence-electron chi connectivity index (χ3n) is 1.82. The van der Waals surface area contributed by atoms with Gasteiger partial charge in [0.15, 0.2) is 6.29 Å². The number of hydrogen-bond donors (Lipinski definition) is 0. The van der Waals surface area contributed by atoms with Crippen molar-refractivity contribution in [2.24, 2.45) is 0 Å². The summed E-state index contributed by atoms with van der Waals surface area (Å²) in [7, 11) is 0. The molecule has 0 N–H and O–H groups in total. The van der Waals surface area contributed by atoms with Gasteiger partial charge in [-0.25, -0.2) is 0 Å². The monoisotopic (exact) mass is 238 g/mol. The molecule has 16 heavy (non-hydrogen) atoms. The molecule has 0 aliphatic heterocycles. The van der Waals surface area contributed by atoms with E-state index in [2.05, 4.69) is 0 Å². The fourth-order valence-electron chi connectivity index (χ4n) is 1.11. The molecule has 0 saturated carbocycles. The van der Waals surface area contributed by atoms with Crippen LogP contribution in [0.1, 0.15) is 26.3 Å². The van der Waals surface area contributed by atoms with Gasteiger partial charge in [0.1, 0.15) is 11.6 Å². The lowest BCUT2D eigenvalue weighted by molar-refractivity contribution is -0.385. The molecule has 7 heteroatoms. The Hall–Kier alpha value is -2.26. The highest BCUT2D eigenvalue weighted by Crippen LogP contribution is 2.23. The topological polar surface area (TPSA) is 101 Å². The number of rotatable bonds is 3. The summed E-state index contributed by atoms with van der Waals surface area (Å²) in [6.45, 7) is 0. The molecule has 0 spiro atoms. The van der Waals surface area contributed by atoms with E-state index < -0.39 is 15.9 Å². The van der Waals surface area contributed by atoms with Crippen LogP contribution in [-0.4, -0.2) is 16.5 Å². The minimum absolute atomic E-state index is 0.217. The number of hydrogen-bond acceptors (Lipinski definition) is 5. The van der Waals surface area contributed by atoms with Gasteiger partial charge in [0, 0.05) is 17.2 Å². The maximum absolute atomic E-state index is 10.9. The van der Waals surface area contributed by atoms with Gasteiger partial charge in [-0.1, -0.05) is 0 Å². The van der Waals surface area contributed by atoms with Crippen LogP contribution in [0, 0.1) is 21.4 Å². The van der Waals surface area contributed by atoms with Crippen LogP contribution in [0.25, 0.3) is 0 Å². The quantitative estimate of drug-likeness (QED) is 0.345. The summed E-state index contributed by atoms with van der Waals surface area (Å²) < 4.78 is 0. The number of nitrogens with zero attached hydrogens (tertiary/aromatic N) is 2. The molecule has 0 aliphatic rings. The molecule has 0 fully saturated rings. The molecule has 0 amide bonds. The summed E-state index contributed by atoms with van der Waals surface area (Å²) in [5.41, 5.74) is -1.30. The number of nitriles is 1. The highest BCUT2D eigenvalue weighted by atomic mass is 35.5. The van der Waals surface area contributed by atoms with Crippen LogP contribution in [-0.2, 0) is 0 Å². The van der Waals surface area contributed by atoms with Gasteiger partial charge >= 0.3 is 0 Å². The van der Waals surface area contributed by atoms with Crippen molar-refractivity contribution in [3.8, 4) is 6.07 Å². The summed E-state index contributed by atoms with van der Waals surface area (Å²) in [6.07, 6.45) is 0.268. The van der Waals surface area contributed by atoms with Gasteiger partial charge in [-0.15, -0.1) is 0 Å². The lowest BCUT2D eigenvalue weighted by Crippen LogP contribution is -2.01. The SMILES string of the molecule is N#Cc1cc(C(=O)Cl)c(C=O)cc1[N+](=O)[O-]. The number of halogens is 1. The van der Waals surface area contributed by atoms with E-state index >= 15 is 0 Å². The second-order valence-electron chi connectivity index (χ2n) is 2.72. The Bertz CT molecular complexity index is 533. The first-order valence-electron chi connectivity index (χ1n) is 3.88. The van der Waals surface area contributed by atoms with Crippen molar-refractivity contribution in [3.05, 3.63) is 38.9 Å². The second kappa shape index (κ2) is 4.51. The molecule has 0 bridgehead atoms. The average molecular weight is 239 g/mol. The Balaban J connectivity index is 3.60. The Morgan fingerprint density at radius 2 is 2.19 bits per heavy atom. The molecule has 0 unspecified atom stereocenters. The number of nitro benzene ring substituents is 1. The third kappa shape index (κ3) is 2.04. The van der Waals surface area contributed by atoms with Crippen molar-refractivity contribution < 1.29 is 14.5 Å². The van der Waals surface area contributed by atoms with E-state index in [1.54, 1.807) is 6.07 Å². The standard InChI is InChI=1S/C9H3ClN2O4/c10-9(14)7-1-5(3-11)8(12(15)16)2-6(7)4-13/h1-2,4H. The Kier molecular flexibility index (Phi) is 3.33. The van der Waals surface area contributed by atoms with E-state index in [9.17, 15) is 19.7 Å². The van der Waals surface area contributed by atoms with E-state index in [0.29, 0.717) is 0 Å². The number of carbonyl (C=O) groups excluding carboxylic acids is 2. The van der Waals surface area contributed by atoms with Crippen molar-refractivity contribution >= 4 is 28.8 Å². The molecule has 1 rings (SSSR count). The van der Waals surface area contributed by atoms with Crippen LogP contribution >= 0.6 is 11.6 Å². The number of aldehydes is 1. The molecule has 0 heterocycles. The molecular formula is C9H3ClN2O4. The summed E-state index contributed by atoms with van der Waals surface area (Å²) >= 11 is 5.17. The normalized spacial score (nSPS) is 9.25. The van der Waals surface area contributed by atoms with Gasteiger partial charge < -0.3 is 0 Å². The predicted molar refractivity (Wildman–Crippen MR) is 53.4 cm³/mol. The molecule has 0 radical (unpaired) electrons. The van der Waals surface area contributed by atoms with Crippen LogP contribution < -0.4 is 0 Å². The molecule has 1 aromatic rings. The first-order valence-corrected chi connectivity index (χ1v) is 4.26. The van der Waals surface area contributed by atoms with Crippen LogP contribution in [0.3, 0.4) is 0 Å². The lowest BCUT2D eigenvalue weighted by Gasteiger charge is -2.00. The van der Waals surface area contributed by atoms with E-state index in [0.717, 1.165) is 12.1 Å². The first kappa shape index (κ1) is 11.8. The highest BCUT2D eigenvalue weighted by molar-refractivity contribution is 6.68. The maximum atomic E-state index is 10.9. The Morgan fingerprint density at radius 1 is 1.56 bits per heavy atom. The number of nitro groups is 1. The van der Waals surface area contributed by atoms with Crippen LogP contribution in [0.5, 0.6) is 0 Å². The van der Waals surface area contributed by atoms with Gasteiger partial charge in [-0.3, -0.25) is 19.7 Å². The van der Waals surface area contributed by atoms with Crippen molar-refractivity contribution in [2.45, 2.75) is 0 Å². The molecule has 6 nitrogen and oxygen atoms in total. The zero-order valence-corrected chi connectivity index (χ0v) is 8.39. The molecular weight excluding hydrogens is 236 g/mol. The zero-order valence-electron chi connectivity index (χ0n) is 7.64. The van der Waals surface area contributed by atoms with E-state index in [1.165, 1.54) is 0 Å². The van der Waals surface area contributed by atoms with E-state index in [4.69, 9.17) is 16.9 Å². The van der Waals surface area contributed by atoms with Gasteiger partial charge in [0.05, 0.1) is 4.92 Å². The van der Waals surface area contributed by atoms with Crippen molar-refractivity contribution in [3.63, 3.8) is 0 Å². The molecule has 0 atom stereocenters. The highest BCUT2D eigenvalue weighted by Gasteiger charge is 2.20. The van der Waals surface area contributed by atoms with Gasteiger partial charge in [-0.2, -0.15) is 5.26 Å². The Labute approximate surface area is 94.2 Å². The van der Waals surface area contributed by atoms with E-state index in [1.807, 2.05) is 0 Å². The van der Waals surface area contributed by atoms with Crippen LogP contribution in [0.2, 0.25) is 0 Å². The smallest absolute Gasteiger partial charge is 0.287 e. The number of benzene rings is 1. The minimum atomic E-state index is -0.950. The minimum Gasteiger partial charge on any atom is -0.298 e. The molecule has 1 aromatic carbocycles. The van der Waals surface area contributed by atoms with Crippen molar-refractivity contribution in [2.75, 3.05) is 0 Å². The molecule has 0 saturated heterocycles. The summed E-state index contributed by atoms with van der Waals surface area (Å²) in [5.74, 6) is 0. The summed E-state index contributed by atoms with van der Waals surface area (Å²) in [6, 6.07) is 3.33. The van der Waals surface area contributed by atoms with Crippen molar-refractivity contribution in [1.82, 2.24) is 0 Å². The molecule has 80 valence electrons. The fourth-order valence-corrected chi connectivity index (χ4v) is 1.28. The Morgan fingerprint density at radius 3 is 2.56 bits per heavy atom. The van der Waals surface area contributed by atoms with Gasteiger partial charge in [0.2, 0.25) is 0 Å². The molecule has 0 aliphatic carbocycles. The van der Waals surface area contributed by atoms with Crippen LogP contribution in [0.4, 0.5) is 5.69 Å². The third-order valence-corrected chi connectivity index (χ3v) is 2.03. The fraction of sp³-hybridized carbons (Fsp3) is 0. The first-order chi connectivity index (χ1) is 7.51. The van der Waals surface area contributed by atoms with Gasteiger partial charge in [-0.05, 0) is 17.7 Å². The summed E-state index contributed by atoms with van der Waals surface area (Å²) in [4.78, 5) is 31.2. The summed E-state index contributed by atoms with van der Waals surface area (Å²) in [5, 5.41) is 18.2. The number of carbonyl (C=O) groups is 2. The zero-order chi connectivity index (χ0) is 12.3. The average Bonchev–Trinajstić information content (AvgIpc) is 2.26.